The normalized spacial score (nSPS) is 10.3. The fourth-order valence-electron chi connectivity index (χ4n) is 1.40. The molecule has 0 atom stereocenters. The molecular weight excluding hydrogens is 185 g/mol. The second kappa shape index (κ2) is 3.00. The van der Waals surface area contributed by atoms with Gasteiger partial charge in [0.15, 0.2) is 0 Å². The van der Waals surface area contributed by atoms with Crippen LogP contribution in [0, 0.1) is 17.1 Å². The van der Waals surface area contributed by atoms with Crippen molar-refractivity contribution in [1.29, 1.82) is 5.26 Å². The third-order valence-corrected chi connectivity index (χ3v) is 1.97. The van der Waals surface area contributed by atoms with E-state index in [1.807, 2.05) is 0 Å². The molecule has 70 valence electrons. The molecular formula is C9H6FN3O. The number of nitriles is 1. The van der Waals surface area contributed by atoms with Crippen LogP contribution in [-0.4, -0.2) is 9.55 Å². The number of nitrogens with zero attached hydrogens (tertiary/aromatic N) is 2. The summed E-state index contributed by atoms with van der Waals surface area (Å²) in [5.41, 5.74) is 0.0935. The van der Waals surface area contributed by atoms with Crippen LogP contribution in [0.1, 0.15) is 0 Å². The number of fused-ring (bicyclic) bond motifs is 1. The molecule has 0 spiro atoms. The number of para-hydroxylation sites is 1. The van der Waals surface area contributed by atoms with Crippen LogP contribution >= 0.6 is 0 Å². The predicted octanol–water partition coefficient (Wildman–Crippen LogP) is 0.992. The summed E-state index contributed by atoms with van der Waals surface area (Å²) in [6.07, 6.45) is 0. The summed E-state index contributed by atoms with van der Waals surface area (Å²) in [6, 6.07) is 6.16. The summed E-state index contributed by atoms with van der Waals surface area (Å²) in [4.78, 5) is 13.7. The molecule has 1 heterocycles. The Labute approximate surface area is 78.2 Å². The average molecular weight is 191 g/mol. The van der Waals surface area contributed by atoms with Crippen molar-refractivity contribution in [2.24, 2.45) is 0 Å². The Morgan fingerprint density at radius 2 is 2.36 bits per heavy atom. The van der Waals surface area contributed by atoms with Crippen LogP contribution in [0.4, 0.5) is 4.39 Å². The van der Waals surface area contributed by atoms with Crippen molar-refractivity contribution < 1.29 is 4.39 Å². The maximum Gasteiger partial charge on any atom is 0.327 e. The van der Waals surface area contributed by atoms with E-state index in [1.165, 1.54) is 12.1 Å². The van der Waals surface area contributed by atoms with E-state index in [1.54, 1.807) is 12.1 Å². The number of H-pyrrole nitrogens is 1. The van der Waals surface area contributed by atoms with Gasteiger partial charge in [-0.15, -0.1) is 0 Å². The van der Waals surface area contributed by atoms with Crippen molar-refractivity contribution >= 4 is 11.0 Å². The second-order valence-corrected chi connectivity index (χ2v) is 2.81. The van der Waals surface area contributed by atoms with E-state index in [4.69, 9.17) is 5.26 Å². The van der Waals surface area contributed by atoms with Crippen LogP contribution < -0.4 is 5.69 Å². The lowest BCUT2D eigenvalue weighted by molar-refractivity contribution is 0.628. The molecule has 4 nitrogen and oxygen atoms in total. The number of benzene rings is 1. The van der Waals surface area contributed by atoms with E-state index >= 15 is 0 Å². The van der Waals surface area contributed by atoms with Crippen molar-refractivity contribution in [1.82, 2.24) is 9.55 Å². The molecule has 0 aliphatic carbocycles. The first kappa shape index (κ1) is 8.51. The molecule has 0 aliphatic heterocycles. The summed E-state index contributed by atoms with van der Waals surface area (Å²) in [7, 11) is 0. The van der Waals surface area contributed by atoms with E-state index in [0.717, 1.165) is 4.57 Å². The Balaban J connectivity index is 2.88. The minimum Gasteiger partial charge on any atom is -0.305 e. The summed E-state index contributed by atoms with van der Waals surface area (Å²) in [5, 5.41) is 8.47. The first-order valence-electron chi connectivity index (χ1n) is 3.98. The number of hydrogen-bond acceptors (Lipinski definition) is 2. The van der Waals surface area contributed by atoms with Crippen molar-refractivity contribution in [2.45, 2.75) is 6.54 Å². The number of imidazole rings is 1. The highest BCUT2D eigenvalue weighted by atomic mass is 19.1. The van der Waals surface area contributed by atoms with Crippen LogP contribution in [-0.2, 0) is 6.54 Å². The molecule has 0 saturated heterocycles. The molecule has 0 unspecified atom stereocenters. The van der Waals surface area contributed by atoms with Gasteiger partial charge in [0.1, 0.15) is 17.9 Å². The molecule has 0 amide bonds. The van der Waals surface area contributed by atoms with E-state index in [2.05, 4.69) is 4.98 Å². The van der Waals surface area contributed by atoms with Crippen molar-refractivity contribution in [3.05, 3.63) is 34.5 Å². The molecule has 5 heteroatoms. The lowest BCUT2D eigenvalue weighted by Crippen LogP contribution is -2.16. The standard InChI is InChI=1S/C9H6FN3O/c10-6-2-1-3-7-8(6)13(5-4-11)9(14)12-7/h1-3H,5H2,(H,12,14). The monoisotopic (exact) mass is 191 g/mol. The molecule has 2 rings (SSSR count). The molecule has 0 saturated carbocycles. The number of aromatic nitrogens is 2. The molecule has 1 N–H and O–H groups in total. The highest BCUT2D eigenvalue weighted by molar-refractivity contribution is 5.75. The van der Waals surface area contributed by atoms with Gasteiger partial charge in [-0.1, -0.05) is 6.07 Å². The van der Waals surface area contributed by atoms with Crippen LogP contribution in [0.3, 0.4) is 0 Å². The van der Waals surface area contributed by atoms with Gasteiger partial charge < -0.3 is 4.98 Å². The molecule has 0 fully saturated rings. The van der Waals surface area contributed by atoms with Crippen LogP contribution in [0.15, 0.2) is 23.0 Å². The molecule has 1 aromatic carbocycles. The zero-order chi connectivity index (χ0) is 10.1. The Morgan fingerprint density at radius 3 is 3.07 bits per heavy atom. The Bertz CT molecular complexity index is 576. The van der Waals surface area contributed by atoms with Crippen LogP contribution in [0.2, 0.25) is 0 Å². The van der Waals surface area contributed by atoms with Crippen molar-refractivity contribution in [3.63, 3.8) is 0 Å². The maximum atomic E-state index is 13.3. The topological polar surface area (TPSA) is 61.6 Å². The van der Waals surface area contributed by atoms with Crippen LogP contribution in [0.25, 0.3) is 11.0 Å². The number of hydrogen-bond donors (Lipinski definition) is 1. The second-order valence-electron chi connectivity index (χ2n) is 2.81. The number of rotatable bonds is 1. The lowest BCUT2D eigenvalue weighted by Gasteiger charge is -1.96. The zero-order valence-corrected chi connectivity index (χ0v) is 7.12. The van der Waals surface area contributed by atoms with E-state index in [9.17, 15) is 9.18 Å². The third-order valence-electron chi connectivity index (χ3n) is 1.97. The minimum absolute atomic E-state index is 0.152. The molecule has 1 aromatic heterocycles. The van der Waals surface area contributed by atoms with Crippen LogP contribution in [0.5, 0.6) is 0 Å². The Kier molecular flexibility index (Phi) is 1.82. The quantitative estimate of drug-likeness (QED) is 0.730. The Morgan fingerprint density at radius 1 is 1.57 bits per heavy atom. The first-order valence-corrected chi connectivity index (χ1v) is 3.98. The zero-order valence-electron chi connectivity index (χ0n) is 7.12. The number of halogens is 1. The fourth-order valence-corrected chi connectivity index (χ4v) is 1.40. The highest BCUT2D eigenvalue weighted by Crippen LogP contribution is 2.13. The molecule has 0 aliphatic rings. The van der Waals surface area contributed by atoms with Gasteiger partial charge in [-0.05, 0) is 12.1 Å². The predicted molar refractivity (Wildman–Crippen MR) is 48.1 cm³/mol. The van der Waals surface area contributed by atoms with Gasteiger partial charge in [0, 0.05) is 0 Å². The molecule has 0 radical (unpaired) electrons. The van der Waals surface area contributed by atoms with Gasteiger partial charge in [0.25, 0.3) is 0 Å². The fraction of sp³-hybridized carbons (Fsp3) is 0.111. The minimum atomic E-state index is -0.504. The molecule has 2 aromatic rings. The molecule has 0 bridgehead atoms. The van der Waals surface area contributed by atoms with Gasteiger partial charge in [-0.2, -0.15) is 5.26 Å². The summed E-state index contributed by atoms with van der Waals surface area (Å²) in [6.45, 7) is -0.153. The molecule has 14 heavy (non-hydrogen) atoms. The van der Waals surface area contributed by atoms with Gasteiger partial charge >= 0.3 is 5.69 Å². The third kappa shape index (κ3) is 1.09. The smallest absolute Gasteiger partial charge is 0.305 e. The summed E-state index contributed by atoms with van der Waals surface area (Å²) >= 11 is 0. The Hall–Kier alpha value is -2.09. The average Bonchev–Trinajstić information content (AvgIpc) is 2.45. The van der Waals surface area contributed by atoms with E-state index in [0.29, 0.717) is 5.52 Å². The van der Waals surface area contributed by atoms with E-state index in [-0.39, 0.29) is 12.1 Å². The van der Waals surface area contributed by atoms with Gasteiger partial charge in [-0.25, -0.2) is 9.18 Å². The lowest BCUT2D eigenvalue weighted by atomic mass is 10.3. The van der Waals surface area contributed by atoms with E-state index < -0.39 is 11.5 Å². The number of nitrogens with one attached hydrogen (secondary N) is 1. The van der Waals surface area contributed by atoms with Crippen molar-refractivity contribution in [3.8, 4) is 6.07 Å². The van der Waals surface area contributed by atoms with Crippen molar-refractivity contribution in [2.75, 3.05) is 0 Å². The maximum absolute atomic E-state index is 13.3. The SMILES string of the molecule is N#CCn1c(=O)[nH]c2cccc(F)c21. The van der Waals surface area contributed by atoms with Gasteiger partial charge in [0.05, 0.1) is 11.6 Å². The summed E-state index contributed by atoms with van der Waals surface area (Å²) < 4.78 is 14.4. The van der Waals surface area contributed by atoms with Gasteiger partial charge in [0.2, 0.25) is 0 Å². The number of aromatic amines is 1. The van der Waals surface area contributed by atoms with Gasteiger partial charge in [-0.3, -0.25) is 4.57 Å². The highest BCUT2D eigenvalue weighted by Gasteiger charge is 2.09. The summed E-state index contributed by atoms with van der Waals surface area (Å²) in [5.74, 6) is -0.504. The largest absolute Gasteiger partial charge is 0.327 e. The first-order chi connectivity index (χ1) is 6.74.